The molecule has 0 aromatic heterocycles. The molecule has 1 amide bonds. The average Bonchev–Trinajstić information content (AvgIpc) is 2.96. The predicted octanol–water partition coefficient (Wildman–Crippen LogP) is 0.359. The van der Waals surface area contributed by atoms with Crippen LogP contribution in [-0.2, 0) is 4.79 Å². The molecule has 1 saturated carbocycles. The van der Waals surface area contributed by atoms with E-state index in [-0.39, 0.29) is 18.4 Å². The van der Waals surface area contributed by atoms with Crippen LogP contribution in [0.4, 0.5) is 0 Å². The van der Waals surface area contributed by atoms with E-state index in [2.05, 4.69) is 5.32 Å². The van der Waals surface area contributed by atoms with Gasteiger partial charge in [0, 0.05) is 19.1 Å². The van der Waals surface area contributed by atoms with Crippen molar-refractivity contribution in [1.29, 1.82) is 0 Å². The summed E-state index contributed by atoms with van der Waals surface area (Å²) >= 11 is 0. The molecule has 16 heavy (non-hydrogen) atoms. The van der Waals surface area contributed by atoms with E-state index in [9.17, 15) is 4.79 Å². The van der Waals surface area contributed by atoms with Gasteiger partial charge in [0.15, 0.2) is 0 Å². The Morgan fingerprint density at radius 3 is 2.62 bits per heavy atom. The molecule has 4 nitrogen and oxygen atoms in total. The van der Waals surface area contributed by atoms with E-state index in [1.165, 1.54) is 12.8 Å². The van der Waals surface area contributed by atoms with Gasteiger partial charge in [-0.05, 0) is 25.8 Å². The Bertz CT molecular complexity index is 233. The highest BCUT2D eigenvalue weighted by Crippen LogP contribution is 2.25. The third-order valence-electron chi connectivity index (χ3n) is 3.80. The zero-order valence-corrected chi connectivity index (χ0v) is 9.82. The summed E-state index contributed by atoms with van der Waals surface area (Å²) in [5.74, 6) is 0.401. The van der Waals surface area contributed by atoms with E-state index in [1.54, 1.807) is 0 Å². The van der Waals surface area contributed by atoms with Crippen LogP contribution in [0, 0.1) is 5.92 Å². The molecule has 1 atom stereocenters. The molecule has 0 radical (unpaired) electrons. The molecular formula is C12H22N2O2. The van der Waals surface area contributed by atoms with Gasteiger partial charge in [-0.15, -0.1) is 0 Å². The smallest absolute Gasteiger partial charge is 0.227 e. The Morgan fingerprint density at radius 2 is 2.06 bits per heavy atom. The average molecular weight is 226 g/mol. The van der Waals surface area contributed by atoms with Crippen LogP contribution in [0.3, 0.4) is 0 Å². The number of carbonyl (C=O) groups excluding carboxylic acids is 1. The maximum atomic E-state index is 12.3. The van der Waals surface area contributed by atoms with Crippen molar-refractivity contribution in [3.05, 3.63) is 0 Å². The van der Waals surface area contributed by atoms with Gasteiger partial charge >= 0.3 is 0 Å². The fourth-order valence-electron chi connectivity index (χ4n) is 2.90. The second-order valence-corrected chi connectivity index (χ2v) is 4.88. The summed E-state index contributed by atoms with van der Waals surface area (Å²) in [6.07, 6.45) is 5.64. The van der Waals surface area contributed by atoms with Gasteiger partial charge in [0.05, 0.1) is 12.5 Å². The van der Waals surface area contributed by atoms with Gasteiger partial charge in [-0.1, -0.05) is 12.8 Å². The van der Waals surface area contributed by atoms with Crippen molar-refractivity contribution in [2.45, 2.75) is 38.1 Å². The van der Waals surface area contributed by atoms with Crippen molar-refractivity contribution < 1.29 is 9.90 Å². The molecule has 1 saturated heterocycles. The maximum Gasteiger partial charge on any atom is 0.227 e. The number of nitrogens with zero attached hydrogens (tertiary/aromatic N) is 1. The van der Waals surface area contributed by atoms with E-state index < -0.39 is 0 Å². The third kappa shape index (κ3) is 2.55. The molecule has 0 aromatic rings. The van der Waals surface area contributed by atoms with Crippen molar-refractivity contribution in [2.24, 2.45) is 5.92 Å². The molecule has 92 valence electrons. The van der Waals surface area contributed by atoms with E-state index in [0.717, 1.165) is 32.4 Å². The molecule has 1 heterocycles. The first-order chi connectivity index (χ1) is 7.83. The van der Waals surface area contributed by atoms with Crippen LogP contribution in [0.15, 0.2) is 0 Å². The molecule has 0 spiro atoms. The second-order valence-electron chi connectivity index (χ2n) is 4.88. The summed E-state index contributed by atoms with van der Waals surface area (Å²) in [6, 6.07) is 0.389. The van der Waals surface area contributed by atoms with Crippen LogP contribution in [-0.4, -0.2) is 48.2 Å². The fraction of sp³-hybridized carbons (Fsp3) is 0.917. The summed E-state index contributed by atoms with van der Waals surface area (Å²) in [4.78, 5) is 14.2. The molecule has 1 unspecified atom stereocenters. The van der Waals surface area contributed by atoms with Crippen molar-refractivity contribution in [2.75, 3.05) is 26.2 Å². The summed E-state index contributed by atoms with van der Waals surface area (Å²) in [6.45, 7) is 2.36. The van der Waals surface area contributed by atoms with Gasteiger partial charge in [0.1, 0.15) is 0 Å². The lowest BCUT2D eigenvalue weighted by Gasteiger charge is -2.30. The summed E-state index contributed by atoms with van der Waals surface area (Å²) in [5, 5.41) is 12.3. The number of rotatable bonds is 4. The highest BCUT2D eigenvalue weighted by Gasteiger charge is 2.32. The number of amides is 1. The summed E-state index contributed by atoms with van der Waals surface area (Å²) in [5.41, 5.74) is 0. The third-order valence-corrected chi connectivity index (χ3v) is 3.80. The standard InChI is InChI=1S/C12H22N2O2/c15-8-7-14(11-3-1-2-4-11)12(16)10-5-6-13-9-10/h10-11,13,15H,1-9H2. The molecule has 4 heteroatoms. The van der Waals surface area contributed by atoms with Gasteiger partial charge in [-0.25, -0.2) is 0 Å². The zero-order chi connectivity index (χ0) is 11.4. The SMILES string of the molecule is O=C(C1CCNC1)N(CCO)C1CCCC1. The second kappa shape index (κ2) is 5.64. The van der Waals surface area contributed by atoms with Crippen molar-refractivity contribution in [3.63, 3.8) is 0 Å². The number of nitrogens with one attached hydrogen (secondary N) is 1. The highest BCUT2D eigenvalue weighted by molar-refractivity contribution is 5.79. The first kappa shape index (κ1) is 11.9. The lowest BCUT2D eigenvalue weighted by Crippen LogP contribution is -2.44. The zero-order valence-electron chi connectivity index (χ0n) is 9.82. The minimum atomic E-state index is 0.0857. The minimum Gasteiger partial charge on any atom is -0.395 e. The van der Waals surface area contributed by atoms with Crippen LogP contribution in [0.1, 0.15) is 32.1 Å². The summed E-state index contributed by atoms with van der Waals surface area (Å²) in [7, 11) is 0. The number of carbonyl (C=O) groups is 1. The minimum absolute atomic E-state index is 0.0857. The molecule has 2 N–H and O–H groups in total. The Balaban J connectivity index is 1.96. The lowest BCUT2D eigenvalue weighted by atomic mass is 10.1. The first-order valence-electron chi connectivity index (χ1n) is 6.45. The van der Waals surface area contributed by atoms with Crippen LogP contribution >= 0.6 is 0 Å². The molecule has 2 aliphatic rings. The van der Waals surface area contributed by atoms with Crippen LogP contribution < -0.4 is 5.32 Å². The van der Waals surface area contributed by atoms with Crippen molar-refractivity contribution in [3.8, 4) is 0 Å². The normalized spacial score (nSPS) is 26.2. The van der Waals surface area contributed by atoms with E-state index >= 15 is 0 Å². The van der Waals surface area contributed by atoms with Crippen LogP contribution in [0.2, 0.25) is 0 Å². The van der Waals surface area contributed by atoms with Gasteiger partial charge < -0.3 is 15.3 Å². The maximum absolute atomic E-state index is 12.3. The van der Waals surface area contributed by atoms with E-state index in [4.69, 9.17) is 5.11 Å². The first-order valence-corrected chi connectivity index (χ1v) is 6.45. The lowest BCUT2D eigenvalue weighted by molar-refractivity contribution is -0.137. The molecular weight excluding hydrogens is 204 g/mol. The number of aliphatic hydroxyl groups is 1. The molecule has 1 aliphatic carbocycles. The van der Waals surface area contributed by atoms with Gasteiger partial charge in [-0.2, -0.15) is 0 Å². The Labute approximate surface area is 97.0 Å². The Hall–Kier alpha value is -0.610. The predicted molar refractivity (Wildman–Crippen MR) is 62.0 cm³/mol. The van der Waals surface area contributed by atoms with Crippen LogP contribution in [0.5, 0.6) is 0 Å². The number of hydrogen-bond acceptors (Lipinski definition) is 3. The summed E-state index contributed by atoms with van der Waals surface area (Å²) < 4.78 is 0. The topological polar surface area (TPSA) is 52.6 Å². The van der Waals surface area contributed by atoms with Crippen molar-refractivity contribution in [1.82, 2.24) is 10.2 Å². The molecule has 2 fully saturated rings. The number of aliphatic hydroxyl groups excluding tert-OH is 1. The monoisotopic (exact) mass is 226 g/mol. The fourth-order valence-corrected chi connectivity index (χ4v) is 2.90. The van der Waals surface area contributed by atoms with Crippen LogP contribution in [0.25, 0.3) is 0 Å². The largest absolute Gasteiger partial charge is 0.395 e. The van der Waals surface area contributed by atoms with E-state index in [0.29, 0.717) is 12.6 Å². The molecule has 2 rings (SSSR count). The molecule has 0 bridgehead atoms. The van der Waals surface area contributed by atoms with E-state index in [1.807, 2.05) is 4.90 Å². The number of hydrogen-bond donors (Lipinski definition) is 2. The molecule has 1 aliphatic heterocycles. The van der Waals surface area contributed by atoms with Crippen molar-refractivity contribution >= 4 is 5.91 Å². The van der Waals surface area contributed by atoms with Gasteiger partial charge in [-0.3, -0.25) is 4.79 Å². The Morgan fingerprint density at radius 1 is 1.31 bits per heavy atom. The Kier molecular flexibility index (Phi) is 4.18. The van der Waals surface area contributed by atoms with Gasteiger partial charge in [0.2, 0.25) is 5.91 Å². The molecule has 0 aromatic carbocycles. The van der Waals surface area contributed by atoms with Gasteiger partial charge in [0.25, 0.3) is 0 Å². The quantitative estimate of drug-likeness (QED) is 0.728. The highest BCUT2D eigenvalue weighted by atomic mass is 16.3.